The molecule has 0 aliphatic heterocycles. The van der Waals surface area contributed by atoms with Gasteiger partial charge in [-0.25, -0.2) is 0 Å². The maximum Gasteiger partial charge on any atom is 0.311 e. The Morgan fingerprint density at radius 2 is 1.31 bits per heavy atom. The Morgan fingerprint density at radius 3 is 1.82 bits per heavy atom. The number of hydrogen-bond donors (Lipinski definition) is 1. The fourth-order valence-electron chi connectivity index (χ4n) is 7.30. The van der Waals surface area contributed by atoms with Crippen LogP contribution in [0.3, 0.4) is 0 Å². The van der Waals surface area contributed by atoms with Crippen LogP contribution < -0.4 is 5.73 Å². The standard InChI is InChI=1S/C39H74N2O4/c1-29(2)25-35(6,7)21-22-36(8,9)28-38(12,13)33(45-32(42)19-17-23-41(15)16)31(5)27-39(14,40)20-18-24-44-34(43)37(10,11)26-30(3)4/h18,20-22,29-31,33H,17,19,23-28,40H2,1-16H3/b20-18-,22-21-. The SMILES string of the molecule is CC(C)CC(C)(C)/C=C\C(C)(C)CC(C)(C)C(OC(=O)CCCN(C)C)C(C)CC(C)(N)/C=C\COC(=O)C(C)(C)CC(C)C. The van der Waals surface area contributed by atoms with Gasteiger partial charge in [-0.05, 0) is 108 Å². The Labute approximate surface area is 279 Å². The molecule has 0 saturated carbocycles. The fraction of sp³-hybridized carbons (Fsp3) is 0.846. The average Bonchev–Trinajstić information content (AvgIpc) is 2.81. The number of esters is 2. The molecular formula is C39H74N2O4. The minimum Gasteiger partial charge on any atom is -0.462 e. The lowest BCUT2D eigenvalue weighted by Gasteiger charge is -2.43. The molecule has 2 N–H and O–H groups in total. The van der Waals surface area contributed by atoms with Crippen molar-refractivity contribution in [2.75, 3.05) is 27.2 Å². The van der Waals surface area contributed by atoms with Crippen LogP contribution in [-0.4, -0.2) is 55.7 Å². The molecule has 0 aromatic rings. The quantitative estimate of drug-likeness (QED) is 0.100. The molecule has 3 atom stereocenters. The van der Waals surface area contributed by atoms with Gasteiger partial charge in [-0.3, -0.25) is 9.59 Å². The zero-order valence-electron chi connectivity index (χ0n) is 32.4. The first kappa shape index (κ1) is 43.3. The van der Waals surface area contributed by atoms with Crippen LogP contribution in [0.25, 0.3) is 0 Å². The highest BCUT2D eigenvalue weighted by molar-refractivity contribution is 5.76. The molecule has 45 heavy (non-hydrogen) atoms. The third-order valence-electron chi connectivity index (χ3n) is 8.41. The molecule has 0 spiro atoms. The maximum atomic E-state index is 13.2. The summed E-state index contributed by atoms with van der Waals surface area (Å²) < 4.78 is 11.9. The molecule has 0 saturated heterocycles. The zero-order chi connectivity index (χ0) is 35.4. The van der Waals surface area contributed by atoms with Crippen LogP contribution in [0.15, 0.2) is 24.3 Å². The first-order valence-corrected chi connectivity index (χ1v) is 17.4. The minimum atomic E-state index is -0.665. The molecule has 0 aliphatic carbocycles. The summed E-state index contributed by atoms with van der Waals surface area (Å²) in [6.45, 7) is 31.4. The van der Waals surface area contributed by atoms with Crippen LogP contribution in [-0.2, 0) is 19.1 Å². The van der Waals surface area contributed by atoms with Gasteiger partial charge in [0.15, 0.2) is 0 Å². The first-order chi connectivity index (χ1) is 20.2. The topological polar surface area (TPSA) is 81.9 Å². The van der Waals surface area contributed by atoms with Crippen molar-refractivity contribution in [2.45, 2.75) is 147 Å². The van der Waals surface area contributed by atoms with Crippen molar-refractivity contribution >= 4 is 11.9 Å². The highest BCUT2D eigenvalue weighted by Gasteiger charge is 2.41. The Balaban J connectivity index is 5.86. The van der Waals surface area contributed by atoms with Gasteiger partial charge in [-0.1, -0.05) is 94.4 Å². The van der Waals surface area contributed by atoms with Crippen molar-refractivity contribution in [1.29, 1.82) is 0 Å². The largest absolute Gasteiger partial charge is 0.462 e. The molecule has 0 bridgehead atoms. The Hall–Kier alpha value is -1.66. The van der Waals surface area contributed by atoms with Crippen LogP contribution in [0.1, 0.15) is 135 Å². The lowest BCUT2D eigenvalue weighted by Crippen LogP contribution is -2.45. The molecular weight excluding hydrogens is 560 g/mol. The van der Waals surface area contributed by atoms with Gasteiger partial charge < -0.3 is 20.1 Å². The number of rotatable bonds is 21. The van der Waals surface area contributed by atoms with E-state index in [0.717, 1.165) is 32.2 Å². The molecule has 0 heterocycles. The van der Waals surface area contributed by atoms with E-state index in [9.17, 15) is 9.59 Å². The smallest absolute Gasteiger partial charge is 0.311 e. The highest BCUT2D eigenvalue weighted by Crippen LogP contribution is 2.43. The minimum absolute atomic E-state index is 0.00198. The summed E-state index contributed by atoms with van der Waals surface area (Å²) in [6.07, 6.45) is 12.7. The molecule has 3 unspecified atom stereocenters. The molecule has 6 nitrogen and oxygen atoms in total. The molecule has 0 aromatic carbocycles. The third kappa shape index (κ3) is 18.9. The van der Waals surface area contributed by atoms with Gasteiger partial charge in [-0.2, -0.15) is 0 Å². The van der Waals surface area contributed by atoms with E-state index in [0.29, 0.717) is 24.7 Å². The van der Waals surface area contributed by atoms with E-state index in [1.807, 2.05) is 47.0 Å². The van der Waals surface area contributed by atoms with Gasteiger partial charge in [0.25, 0.3) is 0 Å². The van der Waals surface area contributed by atoms with E-state index in [4.69, 9.17) is 15.2 Å². The number of nitrogens with zero attached hydrogens (tertiary/aromatic N) is 1. The van der Waals surface area contributed by atoms with Crippen LogP contribution >= 0.6 is 0 Å². The lowest BCUT2D eigenvalue weighted by molar-refractivity contribution is -0.161. The molecule has 0 rings (SSSR count). The first-order valence-electron chi connectivity index (χ1n) is 17.4. The Morgan fingerprint density at radius 1 is 0.778 bits per heavy atom. The van der Waals surface area contributed by atoms with Gasteiger partial charge in [-0.15, -0.1) is 0 Å². The van der Waals surface area contributed by atoms with Crippen molar-refractivity contribution in [3.05, 3.63) is 24.3 Å². The number of ether oxygens (including phenoxy) is 2. The van der Waals surface area contributed by atoms with E-state index in [1.54, 1.807) is 0 Å². The number of carbonyl (C=O) groups is 2. The normalized spacial score (nSPS) is 16.5. The van der Waals surface area contributed by atoms with Crippen LogP contribution in [0.2, 0.25) is 0 Å². The monoisotopic (exact) mass is 635 g/mol. The van der Waals surface area contributed by atoms with E-state index < -0.39 is 11.0 Å². The predicted molar refractivity (Wildman–Crippen MR) is 192 cm³/mol. The number of hydrogen-bond acceptors (Lipinski definition) is 6. The molecule has 0 fully saturated rings. The van der Waals surface area contributed by atoms with Gasteiger partial charge >= 0.3 is 11.9 Å². The summed E-state index contributed by atoms with van der Waals surface area (Å²) in [7, 11) is 4.03. The molecule has 0 aromatic heterocycles. The predicted octanol–water partition coefficient (Wildman–Crippen LogP) is 9.23. The van der Waals surface area contributed by atoms with E-state index >= 15 is 0 Å². The second kappa shape index (κ2) is 18.0. The molecule has 264 valence electrons. The second-order valence-electron chi connectivity index (χ2n) is 18.1. The lowest BCUT2D eigenvalue weighted by atomic mass is 9.67. The summed E-state index contributed by atoms with van der Waals surface area (Å²) >= 11 is 0. The van der Waals surface area contributed by atoms with Gasteiger partial charge in [0.2, 0.25) is 0 Å². The zero-order valence-corrected chi connectivity index (χ0v) is 32.4. The molecule has 0 amide bonds. The van der Waals surface area contributed by atoms with Gasteiger partial charge in [0, 0.05) is 17.4 Å². The van der Waals surface area contributed by atoms with E-state index in [2.05, 4.69) is 93.2 Å². The summed E-state index contributed by atoms with van der Waals surface area (Å²) in [5.74, 6) is 0.694. The van der Waals surface area contributed by atoms with Gasteiger partial charge in [0.05, 0.1) is 5.41 Å². The van der Waals surface area contributed by atoms with Crippen LogP contribution in [0.5, 0.6) is 0 Å². The van der Waals surface area contributed by atoms with E-state index in [-0.39, 0.29) is 46.8 Å². The van der Waals surface area contributed by atoms with Crippen molar-refractivity contribution < 1.29 is 19.1 Å². The summed E-state index contributed by atoms with van der Waals surface area (Å²) in [6, 6.07) is 0. The fourth-order valence-corrected chi connectivity index (χ4v) is 7.30. The van der Waals surface area contributed by atoms with Crippen LogP contribution in [0.4, 0.5) is 0 Å². The average molecular weight is 635 g/mol. The highest BCUT2D eigenvalue weighted by atomic mass is 16.5. The molecule has 0 aliphatic rings. The van der Waals surface area contributed by atoms with Crippen molar-refractivity contribution in [1.82, 2.24) is 4.90 Å². The number of carbonyl (C=O) groups excluding carboxylic acids is 2. The van der Waals surface area contributed by atoms with Crippen LogP contribution in [0, 0.1) is 39.4 Å². The van der Waals surface area contributed by atoms with Crippen molar-refractivity contribution in [3.63, 3.8) is 0 Å². The summed E-state index contributed by atoms with van der Waals surface area (Å²) in [5.41, 5.74) is 5.33. The summed E-state index contributed by atoms with van der Waals surface area (Å²) in [5, 5.41) is 0. The second-order valence-corrected chi connectivity index (χ2v) is 18.1. The molecule has 0 radical (unpaired) electrons. The van der Waals surface area contributed by atoms with Crippen molar-refractivity contribution in [3.8, 4) is 0 Å². The number of nitrogens with two attached hydrogens (primary N) is 1. The van der Waals surface area contributed by atoms with E-state index in [1.165, 1.54) is 0 Å². The number of allylic oxidation sites excluding steroid dienone is 2. The Kier molecular flexibility index (Phi) is 17.4. The Bertz CT molecular complexity index is 954. The van der Waals surface area contributed by atoms with Gasteiger partial charge in [0.1, 0.15) is 12.7 Å². The van der Waals surface area contributed by atoms with Crippen molar-refractivity contribution in [2.24, 2.45) is 45.1 Å². The molecule has 6 heteroatoms. The summed E-state index contributed by atoms with van der Waals surface area (Å²) in [4.78, 5) is 27.9. The maximum absolute atomic E-state index is 13.2. The third-order valence-corrected chi connectivity index (χ3v) is 8.41.